The number of thiophene rings is 1. The first-order chi connectivity index (χ1) is 4.34. The van der Waals surface area contributed by atoms with E-state index in [2.05, 4.69) is 30.3 Å². The van der Waals surface area contributed by atoms with E-state index < -0.39 is 0 Å². The van der Waals surface area contributed by atoms with Crippen molar-refractivity contribution in [3.63, 3.8) is 0 Å². The highest BCUT2D eigenvalue weighted by atomic mass is 32.1. The summed E-state index contributed by atoms with van der Waals surface area (Å²) in [7, 11) is 0. The molecule has 1 aromatic heterocycles. The fourth-order valence-electron chi connectivity index (χ4n) is 0.763. The molecule has 0 aliphatic heterocycles. The molecule has 0 unspecified atom stereocenters. The highest BCUT2D eigenvalue weighted by Crippen LogP contribution is 2.13. The zero-order valence-corrected chi connectivity index (χ0v) is 7.14. The van der Waals surface area contributed by atoms with Gasteiger partial charge >= 0.3 is 0 Å². The first-order valence-electron chi connectivity index (χ1n) is 2.97. The summed E-state index contributed by atoms with van der Waals surface area (Å²) in [4.78, 5) is 0. The van der Waals surface area contributed by atoms with Crippen LogP contribution in [-0.4, -0.2) is 5.75 Å². The van der Waals surface area contributed by atoms with Crippen LogP contribution >= 0.6 is 24.0 Å². The first kappa shape index (κ1) is 7.16. The van der Waals surface area contributed by atoms with Gasteiger partial charge in [-0.05, 0) is 41.0 Å². The Hall–Kier alpha value is 0.0500. The van der Waals surface area contributed by atoms with E-state index in [1.54, 1.807) is 11.3 Å². The molecule has 0 nitrogen and oxygen atoms in total. The van der Waals surface area contributed by atoms with Gasteiger partial charge in [-0.2, -0.15) is 24.0 Å². The Kier molecular flexibility index (Phi) is 2.61. The molecule has 1 aromatic rings. The second-order valence-electron chi connectivity index (χ2n) is 2.05. The van der Waals surface area contributed by atoms with Gasteiger partial charge in [0, 0.05) is 0 Å². The van der Waals surface area contributed by atoms with E-state index >= 15 is 0 Å². The zero-order valence-electron chi connectivity index (χ0n) is 5.42. The SMILES string of the molecule is Cc1cscc1CCS. The maximum Gasteiger partial charge on any atom is -0.00570 e. The molecule has 0 spiro atoms. The van der Waals surface area contributed by atoms with Crippen LogP contribution in [0.5, 0.6) is 0 Å². The minimum Gasteiger partial charge on any atom is -0.179 e. The summed E-state index contributed by atoms with van der Waals surface area (Å²) in [6.07, 6.45) is 1.11. The maximum atomic E-state index is 4.16. The predicted molar refractivity (Wildman–Crippen MR) is 46.6 cm³/mol. The van der Waals surface area contributed by atoms with Crippen molar-refractivity contribution >= 4 is 24.0 Å². The van der Waals surface area contributed by atoms with E-state index in [-0.39, 0.29) is 0 Å². The van der Waals surface area contributed by atoms with Crippen LogP contribution in [0.4, 0.5) is 0 Å². The average Bonchev–Trinajstić information content (AvgIpc) is 2.18. The van der Waals surface area contributed by atoms with Crippen molar-refractivity contribution in [3.05, 3.63) is 21.9 Å². The molecule has 1 rings (SSSR count). The highest BCUT2D eigenvalue weighted by Gasteiger charge is 1.95. The Morgan fingerprint density at radius 3 is 2.78 bits per heavy atom. The van der Waals surface area contributed by atoms with Gasteiger partial charge in [0.05, 0.1) is 0 Å². The van der Waals surface area contributed by atoms with Gasteiger partial charge in [-0.25, -0.2) is 0 Å². The summed E-state index contributed by atoms with van der Waals surface area (Å²) in [6, 6.07) is 0. The van der Waals surface area contributed by atoms with Crippen molar-refractivity contribution in [2.24, 2.45) is 0 Å². The monoisotopic (exact) mass is 158 g/mol. The lowest BCUT2D eigenvalue weighted by atomic mass is 10.2. The summed E-state index contributed by atoms with van der Waals surface area (Å²) in [5, 5.41) is 4.38. The fraction of sp³-hybridized carbons (Fsp3) is 0.429. The summed E-state index contributed by atoms with van der Waals surface area (Å²) >= 11 is 5.93. The third kappa shape index (κ3) is 1.73. The normalized spacial score (nSPS) is 10.0. The van der Waals surface area contributed by atoms with Gasteiger partial charge in [0.25, 0.3) is 0 Å². The number of rotatable bonds is 2. The molecule has 50 valence electrons. The fourth-order valence-corrected chi connectivity index (χ4v) is 1.90. The van der Waals surface area contributed by atoms with Gasteiger partial charge in [-0.1, -0.05) is 0 Å². The van der Waals surface area contributed by atoms with Crippen LogP contribution in [0.1, 0.15) is 11.1 Å². The Morgan fingerprint density at radius 2 is 2.33 bits per heavy atom. The molecule has 0 aliphatic carbocycles. The summed E-state index contributed by atoms with van der Waals surface area (Å²) < 4.78 is 0. The maximum absolute atomic E-state index is 4.16. The molecule has 1 heterocycles. The highest BCUT2D eigenvalue weighted by molar-refractivity contribution is 7.80. The van der Waals surface area contributed by atoms with E-state index in [0.717, 1.165) is 12.2 Å². The molecule has 0 radical (unpaired) electrons. The number of hydrogen-bond donors (Lipinski definition) is 1. The number of hydrogen-bond acceptors (Lipinski definition) is 2. The lowest BCUT2D eigenvalue weighted by Gasteiger charge is -1.92. The molecule has 0 fully saturated rings. The van der Waals surface area contributed by atoms with Crippen LogP contribution in [0, 0.1) is 6.92 Å². The van der Waals surface area contributed by atoms with Crippen molar-refractivity contribution in [2.75, 3.05) is 5.75 Å². The molecular formula is C7H10S2. The van der Waals surface area contributed by atoms with Gasteiger partial charge in [0.2, 0.25) is 0 Å². The minimum absolute atomic E-state index is 0.956. The van der Waals surface area contributed by atoms with Gasteiger partial charge in [0.1, 0.15) is 0 Å². The Bertz CT molecular complexity index is 179. The quantitative estimate of drug-likeness (QED) is 0.628. The summed E-state index contributed by atoms with van der Waals surface area (Å²) in [5.41, 5.74) is 2.86. The standard InChI is InChI=1S/C7H10S2/c1-6-4-9-5-7(6)2-3-8/h4-5,8H,2-3H2,1H3. The van der Waals surface area contributed by atoms with Crippen LogP contribution in [0.2, 0.25) is 0 Å². The van der Waals surface area contributed by atoms with Gasteiger partial charge < -0.3 is 0 Å². The molecule has 0 saturated carbocycles. The number of aryl methyl sites for hydroxylation is 2. The molecule has 9 heavy (non-hydrogen) atoms. The Morgan fingerprint density at radius 1 is 1.56 bits per heavy atom. The van der Waals surface area contributed by atoms with Gasteiger partial charge in [0.15, 0.2) is 0 Å². The first-order valence-corrected chi connectivity index (χ1v) is 4.54. The topological polar surface area (TPSA) is 0 Å². The molecule has 0 N–H and O–H groups in total. The third-order valence-electron chi connectivity index (χ3n) is 1.34. The molecule has 0 bridgehead atoms. The Labute approximate surface area is 65.3 Å². The molecule has 0 amide bonds. The van der Waals surface area contributed by atoms with Gasteiger partial charge in [-0.3, -0.25) is 0 Å². The third-order valence-corrected chi connectivity index (χ3v) is 2.48. The second-order valence-corrected chi connectivity index (χ2v) is 3.24. The van der Waals surface area contributed by atoms with Crippen LogP contribution < -0.4 is 0 Å². The van der Waals surface area contributed by atoms with Gasteiger partial charge in [-0.15, -0.1) is 0 Å². The van der Waals surface area contributed by atoms with Crippen LogP contribution in [0.3, 0.4) is 0 Å². The van der Waals surface area contributed by atoms with E-state index in [0.29, 0.717) is 0 Å². The van der Waals surface area contributed by atoms with E-state index in [9.17, 15) is 0 Å². The van der Waals surface area contributed by atoms with Crippen LogP contribution in [-0.2, 0) is 6.42 Å². The molecule has 0 aliphatic rings. The smallest absolute Gasteiger partial charge is 0.00570 e. The largest absolute Gasteiger partial charge is 0.179 e. The minimum atomic E-state index is 0.956. The lowest BCUT2D eigenvalue weighted by molar-refractivity contribution is 1.15. The van der Waals surface area contributed by atoms with E-state index in [1.165, 1.54) is 11.1 Å². The molecule has 0 saturated heterocycles. The van der Waals surface area contributed by atoms with Crippen LogP contribution in [0.25, 0.3) is 0 Å². The van der Waals surface area contributed by atoms with Crippen molar-refractivity contribution < 1.29 is 0 Å². The average molecular weight is 158 g/mol. The Balaban J connectivity index is 2.69. The lowest BCUT2D eigenvalue weighted by Crippen LogP contribution is -1.83. The summed E-state index contributed by atoms with van der Waals surface area (Å²) in [6.45, 7) is 2.15. The van der Waals surface area contributed by atoms with Crippen molar-refractivity contribution in [1.29, 1.82) is 0 Å². The van der Waals surface area contributed by atoms with E-state index in [1.807, 2.05) is 0 Å². The predicted octanol–water partition coefficient (Wildman–Crippen LogP) is 2.53. The summed E-state index contributed by atoms with van der Waals surface area (Å²) in [5.74, 6) is 0.956. The van der Waals surface area contributed by atoms with E-state index in [4.69, 9.17) is 0 Å². The van der Waals surface area contributed by atoms with Crippen molar-refractivity contribution in [1.82, 2.24) is 0 Å². The molecule has 0 atom stereocenters. The second kappa shape index (κ2) is 3.28. The number of thiol groups is 1. The molecule has 2 heteroatoms. The van der Waals surface area contributed by atoms with Crippen molar-refractivity contribution in [3.8, 4) is 0 Å². The molecule has 0 aromatic carbocycles. The zero-order chi connectivity index (χ0) is 6.69. The molecular weight excluding hydrogens is 148 g/mol. The van der Waals surface area contributed by atoms with Crippen LogP contribution in [0.15, 0.2) is 10.8 Å². The van der Waals surface area contributed by atoms with Crippen molar-refractivity contribution in [2.45, 2.75) is 13.3 Å².